The van der Waals surface area contributed by atoms with Gasteiger partial charge in [-0.3, -0.25) is 9.69 Å². The van der Waals surface area contributed by atoms with Gasteiger partial charge in [0, 0.05) is 19.6 Å². The highest BCUT2D eigenvalue weighted by Gasteiger charge is 2.27. The van der Waals surface area contributed by atoms with Crippen LogP contribution in [-0.2, 0) is 9.53 Å². The Kier molecular flexibility index (Phi) is 7.11. The zero-order valence-corrected chi connectivity index (χ0v) is 17.4. The first kappa shape index (κ1) is 20.6. The third-order valence-electron chi connectivity index (χ3n) is 5.82. The zero-order chi connectivity index (χ0) is 20.6. The molecule has 1 heterocycles. The fourth-order valence-corrected chi connectivity index (χ4v) is 4.21. The molecule has 0 radical (unpaired) electrons. The summed E-state index contributed by atoms with van der Waals surface area (Å²) in [7, 11) is 0. The minimum atomic E-state index is -0.326. The lowest BCUT2D eigenvalue weighted by Crippen LogP contribution is -2.49. The molecule has 1 saturated heterocycles. The van der Waals surface area contributed by atoms with E-state index in [0.717, 1.165) is 56.8 Å². The summed E-state index contributed by atoms with van der Waals surface area (Å²) in [4.78, 5) is 16.0. The number of amides is 1. The highest BCUT2D eigenvalue weighted by atomic mass is 16.5. The van der Waals surface area contributed by atoms with Crippen LogP contribution in [0, 0.1) is 0 Å². The van der Waals surface area contributed by atoms with E-state index >= 15 is 0 Å². The van der Waals surface area contributed by atoms with E-state index in [0.29, 0.717) is 0 Å². The average molecular weight is 403 g/mol. The summed E-state index contributed by atoms with van der Waals surface area (Å²) in [5.41, 5.74) is 3.24. The molecule has 1 unspecified atom stereocenters. The number of carbonyl (C=O) groups excluding carboxylic acids is 1. The first-order chi connectivity index (χ1) is 14.8. The van der Waals surface area contributed by atoms with Crippen LogP contribution < -0.4 is 5.32 Å². The van der Waals surface area contributed by atoms with Gasteiger partial charge in [-0.2, -0.15) is 0 Å². The molecule has 2 aliphatic rings. The SMILES string of the molecule is O=C(NC(CN1CCOCC1)C1=CCCC=C1)C(c1ccccc1)c1ccccc1. The molecule has 30 heavy (non-hydrogen) atoms. The topological polar surface area (TPSA) is 41.6 Å². The minimum absolute atomic E-state index is 0.0259. The van der Waals surface area contributed by atoms with Crippen molar-refractivity contribution in [3.63, 3.8) is 0 Å². The Hall–Kier alpha value is -2.69. The van der Waals surface area contributed by atoms with Crippen molar-refractivity contribution in [1.82, 2.24) is 10.2 Å². The number of nitrogens with zero attached hydrogens (tertiary/aromatic N) is 1. The van der Waals surface area contributed by atoms with Gasteiger partial charge >= 0.3 is 0 Å². The fraction of sp³-hybridized carbons (Fsp3) is 0.346. The second-order valence-corrected chi connectivity index (χ2v) is 7.91. The van der Waals surface area contributed by atoms with E-state index in [9.17, 15) is 4.79 Å². The van der Waals surface area contributed by atoms with Crippen molar-refractivity contribution >= 4 is 5.91 Å². The van der Waals surface area contributed by atoms with Crippen LogP contribution in [0.25, 0.3) is 0 Å². The third kappa shape index (κ3) is 5.26. The fourth-order valence-electron chi connectivity index (χ4n) is 4.21. The molecule has 1 aliphatic heterocycles. The quantitative estimate of drug-likeness (QED) is 0.763. The normalized spacial score (nSPS) is 18.1. The van der Waals surface area contributed by atoms with Gasteiger partial charge in [-0.1, -0.05) is 78.9 Å². The first-order valence-electron chi connectivity index (χ1n) is 10.9. The van der Waals surface area contributed by atoms with Gasteiger partial charge in [0.05, 0.1) is 25.2 Å². The Labute approximate surface area is 179 Å². The number of benzene rings is 2. The number of rotatable bonds is 7. The smallest absolute Gasteiger partial charge is 0.232 e. The second kappa shape index (κ2) is 10.4. The number of allylic oxidation sites excluding steroid dienone is 2. The highest BCUT2D eigenvalue weighted by Crippen LogP contribution is 2.26. The molecule has 0 spiro atoms. The lowest BCUT2D eigenvalue weighted by Gasteiger charge is -2.32. The van der Waals surface area contributed by atoms with Crippen molar-refractivity contribution in [3.05, 3.63) is 95.6 Å². The van der Waals surface area contributed by atoms with Crippen molar-refractivity contribution in [2.24, 2.45) is 0 Å². The molecule has 0 bridgehead atoms. The van der Waals surface area contributed by atoms with E-state index < -0.39 is 0 Å². The van der Waals surface area contributed by atoms with Crippen LogP contribution in [0.5, 0.6) is 0 Å². The molecule has 0 aromatic heterocycles. The van der Waals surface area contributed by atoms with E-state index in [4.69, 9.17) is 4.74 Å². The number of hydrogen-bond donors (Lipinski definition) is 1. The van der Waals surface area contributed by atoms with E-state index in [2.05, 4.69) is 28.4 Å². The highest BCUT2D eigenvalue weighted by molar-refractivity contribution is 5.87. The summed E-state index contributed by atoms with van der Waals surface area (Å²) in [6.07, 6.45) is 8.75. The van der Waals surface area contributed by atoms with Crippen molar-refractivity contribution in [2.45, 2.75) is 24.8 Å². The van der Waals surface area contributed by atoms with Gasteiger partial charge < -0.3 is 10.1 Å². The van der Waals surface area contributed by atoms with Crippen molar-refractivity contribution in [3.8, 4) is 0 Å². The average Bonchev–Trinajstić information content (AvgIpc) is 2.81. The maximum Gasteiger partial charge on any atom is 0.232 e. The first-order valence-corrected chi connectivity index (χ1v) is 10.9. The molecular weight excluding hydrogens is 372 g/mol. The Bertz CT molecular complexity index is 831. The van der Waals surface area contributed by atoms with Gasteiger partial charge in [0.25, 0.3) is 0 Å². The molecule has 2 aromatic rings. The number of nitrogens with one attached hydrogen (secondary N) is 1. The van der Waals surface area contributed by atoms with Crippen molar-refractivity contribution < 1.29 is 9.53 Å². The van der Waals surface area contributed by atoms with Crippen molar-refractivity contribution in [1.29, 1.82) is 0 Å². The molecule has 4 heteroatoms. The molecule has 1 aliphatic carbocycles. The minimum Gasteiger partial charge on any atom is -0.379 e. The maximum absolute atomic E-state index is 13.6. The molecule has 4 rings (SSSR count). The molecule has 0 saturated carbocycles. The van der Waals surface area contributed by atoms with Crippen LogP contribution in [0.3, 0.4) is 0 Å². The predicted molar refractivity (Wildman–Crippen MR) is 120 cm³/mol. The molecule has 4 nitrogen and oxygen atoms in total. The Balaban J connectivity index is 1.58. The lowest BCUT2D eigenvalue weighted by molar-refractivity contribution is -0.122. The van der Waals surface area contributed by atoms with Crippen LogP contribution in [0.15, 0.2) is 84.5 Å². The van der Waals surface area contributed by atoms with Crippen LogP contribution in [0.2, 0.25) is 0 Å². The standard InChI is InChI=1S/C26H30N2O2/c29-26(25(22-12-6-2-7-13-22)23-14-8-3-9-15-23)27-24(21-10-4-1-5-11-21)20-28-16-18-30-19-17-28/h2-4,6-15,24-25H,1,5,16-20H2,(H,27,29). The summed E-state index contributed by atoms with van der Waals surface area (Å²) in [6, 6.07) is 20.1. The summed E-state index contributed by atoms with van der Waals surface area (Å²) < 4.78 is 5.50. The van der Waals surface area contributed by atoms with Gasteiger partial charge in [-0.25, -0.2) is 0 Å². The summed E-state index contributed by atoms with van der Waals surface area (Å²) >= 11 is 0. The molecule has 1 atom stereocenters. The Morgan fingerprint density at radius 1 is 0.933 bits per heavy atom. The Morgan fingerprint density at radius 3 is 2.13 bits per heavy atom. The Morgan fingerprint density at radius 2 is 1.57 bits per heavy atom. The maximum atomic E-state index is 13.6. The van der Waals surface area contributed by atoms with Crippen LogP contribution in [-0.4, -0.2) is 49.7 Å². The number of ether oxygens (including phenoxy) is 1. The molecule has 1 amide bonds. The number of hydrogen-bond acceptors (Lipinski definition) is 3. The van der Waals surface area contributed by atoms with Gasteiger partial charge in [0.2, 0.25) is 5.91 Å². The zero-order valence-electron chi connectivity index (χ0n) is 17.4. The van der Waals surface area contributed by atoms with Gasteiger partial charge in [-0.05, 0) is 29.5 Å². The molecule has 1 N–H and O–H groups in total. The summed E-state index contributed by atoms with van der Waals surface area (Å²) in [6.45, 7) is 4.13. The molecular formula is C26H30N2O2. The monoisotopic (exact) mass is 402 g/mol. The van der Waals surface area contributed by atoms with Gasteiger partial charge in [-0.15, -0.1) is 0 Å². The van der Waals surface area contributed by atoms with Crippen LogP contribution in [0.1, 0.15) is 29.9 Å². The van der Waals surface area contributed by atoms with E-state index in [1.807, 2.05) is 60.7 Å². The van der Waals surface area contributed by atoms with Gasteiger partial charge in [0.1, 0.15) is 0 Å². The molecule has 2 aromatic carbocycles. The largest absolute Gasteiger partial charge is 0.379 e. The number of morpholine rings is 1. The third-order valence-corrected chi connectivity index (χ3v) is 5.82. The summed E-state index contributed by atoms with van der Waals surface area (Å²) in [5.74, 6) is -0.279. The molecule has 1 fully saturated rings. The van der Waals surface area contributed by atoms with E-state index in [-0.39, 0.29) is 17.9 Å². The van der Waals surface area contributed by atoms with Crippen LogP contribution in [0.4, 0.5) is 0 Å². The lowest BCUT2D eigenvalue weighted by atomic mass is 9.89. The number of carbonyl (C=O) groups is 1. The van der Waals surface area contributed by atoms with E-state index in [1.165, 1.54) is 5.57 Å². The second-order valence-electron chi connectivity index (χ2n) is 7.91. The summed E-state index contributed by atoms with van der Waals surface area (Å²) in [5, 5.41) is 3.39. The molecule has 156 valence electrons. The van der Waals surface area contributed by atoms with Gasteiger partial charge in [0.15, 0.2) is 0 Å². The van der Waals surface area contributed by atoms with Crippen LogP contribution >= 0.6 is 0 Å². The predicted octanol–water partition coefficient (Wildman–Crippen LogP) is 3.91. The van der Waals surface area contributed by atoms with E-state index in [1.54, 1.807) is 0 Å². The van der Waals surface area contributed by atoms with Crippen molar-refractivity contribution in [2.75, 3.05) is 32.8 Å².